The standard InChI is InChI=1S/C11H9ClFNO2/c1-2-16-10(15)5-3-4-8-6-9(12)7-14-11(8)13/h6-7H,2,5H2,1H3. The molecule has 0 radical (unpaired) electrons. The van der Waals surface area contributed by atoms with E-state index in [0.717, 1.165) is 0 Å². The summed E-state index contributed by atoms with van der Waals surface area (Å²) in [5.41, 5.74) is 0.0665. The summed E-state index contributed by atoms with van der Waals surface area (Å²) in [5.74, 6) is 3.81. The predicted octanol–water partition coefficient (Wildman–Crippen LogP) is 2.18. The van der Waals surface area contributed by atoms with Crippen LogP contribution in [0.5, 0.6) is 0 Å². The average Bonchev–Trinajstić information content (AvgIpc) is 2.23. The molecule has 0 fully saturated rings. The van der Waals surface area contributed by atoms with Gasteiger partial charge in [-0.2, -0.15) is 4.39 Å². The Kier molecular flexibility index (Phi) is 4.74. The summed E-state index contributed by atoms with van der Waals surface area (Å²) in [6.07, 6.45) is 1.10. The summed E-state index contributed by atoms with van der Waals surface area (Å²) in [6.45, 7) is 2.00. The molecule has 0 atom stereocenters. The number of hydrogen-bond acceptors (Lipinski definition) is 3. The number of nitrogens with zero attached hydrogens (tertiary/aromatic N) is 1. The van der Waals surface area contributed by atoms with E-state index in [1.54, 1.807) is 6.92 Å². The highest BCUT2D eigenvalue weighted by molar-refractivity contribution is 6.30. The number of esters is 1. The van der Waals surface area contributed by atoms with Crippen LogP contribution < -0.4 is 0 Å². The average molecular weight is 242 g/mol. The lowest BCUT2D eigenvalue weighted by Crippen LogP contribution is -2.01. The van der Waals surface area contributed by atoms with Crippen molar-refractivity contribution in [3.8, 4) is 11.8 Å². The zero-order valence-electron chi connectivity index (χ0n) is 8.59. The van der Waals surface area contributed by atoms with Crippen LogP contribution in [0.1, 0.15) is 18.9 Å². The van der Waals surface area contributed by atoms with Gasteiger partial charge >= 0.3 is 5.97 Å². The third-order valence-electron chi connectivity index (χ3n) is 1.57. The number of carbonyl (C=O) groups excluding carboxylic acids is 1. The third-order valence-corrected chi connectivity index (χ3v) is 1.77. The Morgan fingerprint density at radius 2 is 2.44 bits per heavy atom. The zero-order chi connectivity index (χ0) is 12.0. The molecule has 0 bridgehead atoms. The highest BCUT2D eigenvalue weighted by Gasteiger charge is 2.01. The lowest BCUT2D eigenvalue weighted by atomic mass is 10.2. The quantitative estimate of drug-likeness (QED) is 0.453. The number of pyridine rings is 1. The van der Waals surface area contributed by atoms with Gasteiger partial charge in [0.2, 0.25) is 5.95 Å². The topological polar surface area (TPSA) is 39.2 Å². The zero-order valence-corrected chi connectivity index (χ0v) is 9.34. The predicted molar refractivity (Wildman–Crippen MR) is 57.3 cm³/mol. The van der Waals surface area contributed by atoms with Gasteiger partial charge in [0, 0.05) is 6.20 Å². The van der Waals surface area contributed by atoms with Gasteiger partial charge in [-0.05, 0) is 13.0 Å². The minimum absolute atomic E-state index is 0.0665. The highest BCUT2D eigenvalue weighted by atomic mass is 35.5. The molecule has 1 aromatic rings. The first-order valence-electron chi connectivity index (χ1n) is 4.59. The number of halogens is 2. The maximum Gasteiger partial charge on any atom is 0.317 e. The number of aromatic nitrogens is 1. The van der Waals surface area contributed by atoms with Gasteiger partial charge in [-0.25, -0.2) is 4.98 Å². The van der Waals surface area contributed by atoms with Crippen molar-refractivity contribution in [3.63, 3.8) is 0 Å². The van der Waals surface area contributed by atoms with E-state index in [-0.39, 0.29) is 12.0 Å². The number of rotatable bonds is 2. The molecule has 5 heteroatoms. The van der Waals surface area contributed by atoms with Crippen molar-refractivity contribution in [2.24, 2.45) is 0 Å². The molecule has 0 N–H and O–H groups in total. The van der Waals surface area contributed by atoms with Crippen LogP contribution in [-0.4, -0.2) is 17.6 Å². The first kappa shape index (κ1) is 12.5. The summed E-state index contributed by atoms with van der Waals surface area (Å²) in [6, 6.07) is 1.35. The highest BCUT2D eigenvalue weighted by Crippen LogP contribution is 2.10. The van der Waals surface area contributed by atoms with Gasteiger partial charge in [0.05, 0.1) is 17.2 Å². The molecule has 0 amide bonds. The molecule has 84 valence electrons. The molecule has 1 heterocycles. The van der Waals surface area contributed by atoms with Gasteiger partial charge in [0.15, 0.2) is 0 Å². The second-order valence-electron chi connectivity index (χ2n) is 2.78. The normalized spacial score (nSPS) is 9.19. The van der Waals surface area contributed by atoms with Gasteiger partial charge in [-0.3, -0.25) is 4.79 Å². The molecule has 0 aromatic carbocycles. The molecule has 0 spiro atoms. The van der Waals surface area contributed by atoms with Crippen molar-refractivity contribution in [3.05, 3.63) is 28.8 Å². The first-order chi connectivity index (χ1) is 7.63. The van der Waals surface area contributed by atoms with E-state index in [4.69, 9.17) is 11.6 Å². The van der Waals surface area contributed by atoms with Crippen LogP contribution in [0.25, 0.3) is 0 Å². The number of ether oxygens (including phenoxy) is 1. The summed E-state index contributed by atoms with van der Waals surface area (Å²) < 4.78 is 17.7. The van der Waals surface area contributed by atoms with Crippen molar-refractivity contribution >= 4 is 17.6 Å². The van der Waals surface area contributed by atoms with Gasteiger partial charge in [-0.15, -0.1) is 0 Å². The Labute approximate surface area is 97.6 Å². The molecular formula is C11H9ClFNO2. The first-order valence-corrected chi connectivity index (χ1v) is 4.96. The number of carbonyl (C=O) groups is 1. The Morgan fingerprint density at radius 1 is 1.69 bits per heavy atom. The summed E-state index contributed by atoms with van der Waals surface area (Å²) in [4.78, 5) is 14.3. The molecule has 1 rings (SSSR count). The summed E-state index contributed by atoms with van der Waals surface area (Å²) in [7, 11) is 0. The maximum atomic E-state index is 13.1. The molecule has 16 heavy (non-hydrogen) atoms. The maximum absolute atomic E-state index is 13.1. The molecular weight excluding hydrogens is 233 g/mol. The van der Waals surface area contributed by atoms with Crippen LogP contribution in [0.4, 0.5) is 4.39 Å². The van der Waals surface area contributed by atoms with Gasteiger partial charge < -0.3 is 4.74 Å². The molecule has 3 nitrogen and oxygen atoms in total. The molecule has 0 aliphatic heterocycles. The molecule has 0 saturated heterocycles. The van der Waals surface area contributed by atoms with E-state index >= 15 is 0 Å². The fraction of sp³-hybridized carbons (Fsp3) is 0.273. The Balaban J connectivity index is 2.69. The van der Waals surface area contributed by atoms with Crippen molar-refractivity contribution in [1.82, 2.24) is 4.98 Å². The largest absolute Gasteiger partial charge is 0.465 e. The van der Waals surface area contributed by atoms with E-state index in [0.29, 0.717) is 11.6 Å². The second kappa shape index (κ2) is 6.09. The fourth-order valence-electron chi connectivity index (χ4n) is 0.934. The minimum atomic E-state index is -0.708. The molecule has 0 unspecified atom stereocenters. The smallest absolute Gasteiger partial charge is 0.317 e. The van der Waals surface area contributed by atoms with Crippen molar-refractivity contribution in [1.29, 1.82) is 0 Å². The van der Waals surface area contributed by atoms with Crippen LogP contribution in [-0.2, 0) is 9.53 Å². The van der Waals surface area contributed by atoms with Gasteiger partial charge in [0.1, 0.15) is 6.42 Å². The summed E-state index contributed by atoms with van der Waals surface area (Å²) in [5, 5.41) is 0.293. The van der Waals surface area contributed by atoms with Crippen molar-refractivity contribution in [2.75, 3.05) is 6.61 Å². The third kappa shape index (κ3) is 3.87. The fourth-order valence-corrected chi connectivity index (χ4v) is 1.09. The van der Waals surface area contributed by atoms with Gasteiger partial charge in [-0.1, -0.05) is 23.4 Å². The Bertz CT molecular complexity index is 451. The van der Waals surface area contributed by atoms with E-state index < -0.39 is 11.9 Å². The lowest BCUT2D eigenvalue weighted by molar-refractivity contribution is -0.141. The van der Waals surface area contributed by atoms with Crippen molar-refractivity contribution in [2.45, 2.75) is 13.3 Å². The van der Waals surface area contributed by atoms with Gasteiger partial charge in [0.25, 0.3) is 0 Å². The van der Waals surface area contributed by atoms with Crippen LogP contribution in [0, 0.1) is 17.8 Å². The van der Waals surface area contributed by atoms with Crippen molar-refractivity contribution < 1.29 is 13.9 Å². The Morgan fingerprint density at radius 3 is 3.12 bits per heavy atom. The summed E-state index contributed by atoms with van der Waals surface area (Å²) >= 11 is 5.62. The van der Waals surface area contributed by atoms with E-state index in [9.17, 15) is 9.18 Å². The minimum Gasteiger partial charge on any atom is -0.465 e. The molecule has 1 aromatic heterocycles. The SMILES string of the molecule is CCOC(=O)CC#Cc1cc(Cl)cnc1F. The second-order valence-corrected chi connectivity index (χ2v) is 3.21. The van der Waals surface area contributed by atoms with Crippen LogP contribution in [0.3, 0.4) is 0 Å². The van der Waals surface area contributed by atoms with Crippen LogP contribution >= 0.6 is 11.6 Å². The van der Waals surface area contributed by atoms with E-state index in [2.05, 4.69) is 21.6 Å². The van der Waals surface area contributed by atoms with Crippen LogP contribution in [0.15, 0.2) is 12.3 Å². The molecule has 0 saturated carbocycles. The van der Waals surface area contributed by atoms with E-state index in [1.165, 1.54) is 12.3 Å². The Hall–Kier alpha value is -1.60. The van der Waals surface area contributed by atoms with E-state index in [1.807, 2.05) is 0 Å². The molecule has 0 aliphatic rings. The number of hydrogen-bond donors (Lipinski definition) is 0. The monoisotopic (exact) mass is 241 g/mol. The van der Waals surface area contributed by atoms with Crippen LogP contribution in [0.2, 0.25) is 5.02 Å². The lowest BCUT2D eigenvalue weighted by Gasteiger charge is -1.95. The molecule has 0 aliphatic carbocycles.